The van der Waals surface area contributed by atoms with Crippen molar-refractivity contribution in [2.75, 3.05) is 54.2 Å². The van der Waals surface area contributed by atoms with Gasteiger partial charge in [-0.2, -0.15) is 5.10 Å². The number of carbonyl (C=O) groups excluding carboxylic acids is 1. The first-order chi connectivity index (χ1) is 12.2. The monoisotopic (exact) mass is 352 g/mol. The number of hydrogen-bond donors (Lipinski definition) is 2. The van der Waals surface area contributed by atoms with Crippen LogP contribution >= 0.6 is 0 Å². The summed E-state index contributed by atoms with van der Waals surface area (Å²) in [7, 11) is 4.65. The first kappa shape index (κ1) is 19.0. The van der Waals surface area contributed by atoms with E-state index >= 15 is 0 Å². The summed E-state index contributed by atoms with van der Waals surface area (Å²) in [4.78, 5) is 13.3. The lowest BCUT2D eigenvalue weighted by Gasteiger charge is -2.23. The molecule has 1 aromatic rings. The second-order valence-electron chi connectivity index (χ2n) is 5.61. The van der Waals surface area contributed by atoms with Gasteiger partial charge in [0.05, 0.1) is 53.7 Å². The molecular formula is C17H26N3O5+. The highest BCUT2D eigenvalue weighted by Gasteiger charge is 2.15. The highest BCUT2D eigenvalue weighted by molar-refractivity contribution is 5.84. The Bertz CT molecular complexity index is 575. The molecule has 0 aromatic heterocycles. The maximum Gasteiger partial charge on any atom is 0.245 e. The normalized spacial score (nSPS) is 15.2. The van der Waals surface area contributed by atoms with E-state index in [1.54, 1.807) is 39.7 Å². The molecule has 1 aliphatic heterocycles. The molecule has 0 unspecified atom stereocenters. The van der Waals surface area contributed by atoms with Crippen LogP contribution in [0.2, 0.25) is 0 Å². The number of carbonyl (C=O) groups is 1. The van der Waals surface area contributed by atoms with Crippen molar-refractivity contribution in [1.82, 2.24) is 5.43 Å². The minimum absolute atomic E-state index is 0.109. The van der Waals surface area contributed by atoms with Crippen LogP contribution in [0.4, 0.5) is 0 Å². The van der Waals surface area contributed by atoms with Crippen molar-refractivity contribution in [3.05, 3.63) is 17.7 Å². The second kappa shape index (κ2) is 9.85. The Morgan fingerprint density at radius 3 is 2.40 bits per heavy atom. The molecule has 1 aliphatic rings. The molecule has 0 aliphatic carbocycles. The van der Waals surface area contributed by atoms with Crippen molar-refractivity contribution in [2.45, 2.75) is 6.42 Å². The van der Waals surface area contributed by atoms with Gasteiger partial charge in [0.1, 0.15) is 13.1 Å². The predicted molar refractivity (Wildman–Crippen MR) is 92.8 cm³/mol. The molecule has 1 fully saturated rings. The van der Waals surface area contributed by atoms with E-state index in [2.05, 4.69) is 10.5 Å². The Morgan fingerprint density at radius 1 is 1.20 bits per heavy atom. The molecule has 138 valence electrons. The number of methoxy groups -OCH3 is 3. The van der Waals surface area contributed by atoms with Crippen LogP contribution in [0.3, 0.4) is 0 Å². The predicted octanol–water partition coefficient (Wildman–Crippen LogP) is -0.532. The summed E-state index contributed by atoms with van der Waals surface area (Å²) in [6, 6.07) is 3.52. The van der Waals surface area contributed by atoms with Crippen molar-refractivity contribution in [2.24, 2.45) is 5.10 Å². The van der Waals surface area contributed by atoms with Crippen molar-refractivity contribution >= 4 is 12.1 Å². The van der Waals surface area contributed by atoms with Gasteiger partial charge in [-0.3, -0.25) is 4.79 Å². The fraction of sp³-hybridized carbons (Fsp3) is 0.529. The van der Waals surface area contributed by atoms with E-state index in [0.717, 1.165) is 38.4 Å². The van der Waals surface area contributed by atoms with Crippen molar-refractivity contribution in [3.63, 3.8) is 0 Å². The Morgan fingerprint density at radius 2 is 1.84 bits per heavy atom. The largest absolute Gasteiger partial charge is 0.493 e. The molecule has 0 spiro atoms. The average molecular weight is 352 g/mol. The van der Waals surface area contributed by atoms with E-state index in [9.17, 15) is 4.79 Å². The van der Waals surface area contributed by atoms with Crippen LogP contribution in [0.5, 0.6) is 17.2 Å². The molecule has 2 rings (SSSR count). The number of morpholine rings is 1. The molecule has 0 bridgehead atoms. The summed E-state index contributed by atoms with van der Waals surface area (Å²) in [6.07, 6.45) is 1.98. The third-order valence-corrected chi connectivity index (χ3v) is 4.00. The van der Waals surface area contributed by atoms with E-state index in [1.807, 2.05) is 0 Å². The summed E-state index contributed by atoms with van der Waals surface area (Å²) in [5.41, 5.74) is 3.28. The first-order valence-electron chi connectivity index (χ1n) is 8.21. The van der Waals surface area contributed by atoms with Gasteiger partial charge in [0.25, 0.3) is 0 Å². The van der Waals surface area contributed by atoms with Crippen LogP contribution in [0.25, 0.3) is 0 Å². The number of benzene rings is 1. The topological polar surface area (TPSA) is 82.8 Å². The van der Waals surface area contributed by atoms with Gasteiger partial charge >= 0.3 is 0 Å². The zero-order chi connectivity index (χ0) is 18.1. The molecule has 0 radical (unpaired) electrons. The lowest BCUT2D eigenvalue weighted by atomic mass is 10.2. The lowest BCUT2D eigenvalue weighted by Crippen LogP contribution is -3.14. The molecule has 8 heteroatoms. The molecule has 25 heavy (non-hydrogen) atoms. The van der Waals surface area contributed by atoms with Crippen LogP contribution in [0, 0.1) is 0 Å². The lowest BCUT2D eigenvalue weighted by molar-refractivity contribution is -0.907. The second-order valence-corrected chi connectivity index (χ2v) is 5.61. The number of quaternary nitrogens is 1. The van der Waals surface area contributed by atoms with E-state index in [1.165, 1.54) is 4.90 Å². The zero-order valence-corrected chi connectivity index (χ0v) is 15.0. The number of nitrogens with zero attached hydrogens (tertiary/aromatic N) is 1. The minimum atomic E-state index is -0.109. The molecular weight excluding hydrogens is 326 g/mol. The fourth-order valence-electron chi connectivity index (χ4n) is 2.61. The molecule has 1 heterocycles. The Balaban J connectivity index is 1.89. The standard InChI is InChI=1S/C17H25N3O5/c1-22-14-10-13(11-15(23-2)17(14)24-3)12-18-19-16(21)4-5-20-6-8-25-9-7-20/h10-12H,4-9H2,1-3H3,(H,19,21)/p+1/b18-12-. The number of nitrogens with one attached hydrogen (secondary N) is 2. The quantitative estimate of drug-likeness (QED) is 0.485. The number of amides is 1. The van der Waals surface area contributed by atoms with Gasteiger partial charge in [-0.15, -0.1) is 0 Å². The Labute approximate surface area is 147 Å². The molecule has 2 N–H and O–H groups in total. The number of ether oxygens (including phenoxy) is 4. The van der Waals surface area contributed by atoms with Crippen molar-refractivity contribution in [3.8, 4) is 17.2 Å². The summed E-state index contributed by atoms with van der Waals surface area (Å²) in [5.74, 6) is 1.47. The molecule has 1 aromatic carbocycles. The van der Waals surface area contributed by atoms with Gasteiger partial charge in [-0.25, -0.2) is 5.43 Å². The Hall–Kier alpha value is -2.32. The third kappa shape index (κ3) is 5.61. The van der Waals surface area contributed by atoms with Gasteiger partial charge in [-0.1, -0.05) is 0 Å². The summed E-state index contributed by atoms with van der Waals surface area (Å²) < 4.78 is 21.1. The number of rotatable bonds is 8. The zero-order valence-electron chi connectivity index (χ0n) is 15.0. The highest BCUT2D eigenvalue weighted by atomic mass is 16.5. The molecule has 8 nitrogen and oxygen atoms in total. The van der Waals surface area contributed by atoms with Crippen LogP contribution in [0.15, 0.2) is 17.2 Å². The first-order valence-corrected chi connectivity index (χ1v) is 8.21. The van der Waals surface area contributed by atoms with Gasteiger partial charge < -0.3 is 23.8 Å². The van der Waals surface area contributed by atoms with E-state index < -0.39 is 0 Å². The van der Waals surface area contributed by atoms with Crippen molar-refractivity contribution < 1.29 is 28.6 Å². The molecule has 0 saturated carbocycles. The SMILES string of the molecule is COc1cc(/C=N\NC(=O)CC[NH+]2CCOCC2)cc(OC)c1OC. The fourth-order valence-corrected chi connectivity index (χ4v) is 2.61. The highest BCUT2D eigenvalue weighted by Crippen LogP contribution is 2.37. The summed E-state index contributed by atoms with van der Waals surface area (Å²) in [6.45, 7) is 4.20. The average Bonchev–Trinajstić information content (AvgIpc) is 2.66. The maximum absolute atomic E-state index is 11.9. The van der Waals surface area contributed by atoms with Gasteiger partial charge in [0.15, 0.2) is 11.5 Å². The van der Waals surface area contributed by atoms with Gasteiger partial charge in [0.2, 0.25) is 11.7 Å². The maximum atomic E-state index is 11.9. The number of hydrazone groups is 1. The molecule has 1 saturated heterocycles. The number of hydrogen-bond acceptors (Lipinski definition) is 6. The summed E-state index contributed by atoms with van der Waals surface area (Å²) >= 11 is 0. The minimum Gasteiger partial charge on any atom is -0.493 e. The van der Waals surface area contributed by atoms with E-state index in [-0.39, 0.29) is 5.91 Å². The van der Waals surface area contributed by atoms with Crippen LogP contribution in [-0.4, -0.2) is 66.3 Å². The van der Waals surface area contributed by atoms with Gasteiger partial charge in [-0.05, 0) is 12.1 Å². The van der Waals surface area contributed by atoms with Crippen molar-refractivity contribution in [1.29, 1.82) is 0 Å². The summed E-state index contributed by atoms with van der Waals surface area (Å²) in [5, 5.41) is 4.00. The van der Waals surface area contributed by atoms with E-state index in [0.29, 0.717) is 23.7 Å². The van der Waals surface area contributed by atoms with Crippen LogP contribution in [-0.2, 0) is 9.53 Å². The third-order valence-electron chi connectivity index (χ3n) is 4.00. The smallest absolute Gasteiger partial charge is 0.245 e. The Kier molecular flexibility index (Phi) is 7.49. The molecule has 0 atom stereocenters. The molecule has 1 amide bonds. The van der Waals surface area contributed by atoms with Crippen LogP contribution < -0.4 is 24.5 Å². The van der Waals surface area contributed by atoms with E-state index in [4.69, 9.17) is 18.9 Å². The van der Waals surface area contributed by atoms with Crippen LogP contribution in [0.1, 0.15) is 12.0 Å². The van der Waals surface area contributed by atoms with Gasteiger partial charge in [0, 0.05) is 5.56 Å².